The third-order valence-corrected chi connectivity index (χ3v) is 6.11. The Labute approximate surface area is 179 Å². The van der Waals surface area contributed by atoms with Crippen LogP contribution in [0.25, 0.3) is 0 Å². The predicted octanol–water partition coefficient (Wildman–Crippen LogP) is 2.49. The molecule has 168 valence electrons. The van der Waals surface area contributed by atoms with Gasteiger partial charge < -0.3 is 19.9 Å². The molecule has 0 radical (unpaired) electrons. The summed E-state index contributed by atoms with van der Waals surface area (Å²) in [6, 6.07) is 0.0392. The molecule has 4 heterocycles. The molecule has 1 saturated heterocycles. The van der Waals surface area contributed by atoms with Gasteiger partial charge in [-0.25, -0.2) is 13.8 Å². The summed E-state index contributed by atoms with van der Waals surface area (Å²) in [7, 11) is 1.92. The van der Waals surface area contributed by atoms with Crippen LogP contribution in [0.1, 0.15) is 44.9 Å². The number of H-pyrrole nitrogens is 1. The monoisotopic (exact) mass is 435 g/mol. The maximum Gasteiger partial charge on any atom is 0.318 e. The zero-order valence-corrected chi connectivity index (χ0v) is 18.1. The molecule has 1 amide bonds. The van der Waals surface area contributed by atoms with Crippen LogP contribution in [0, 0.1) is 5.82 Å². The van der Waals surface area contributed by atoms with Crippen molar-refractivity contribution in [2.24, 2.45) is 0 Å². The molecule has 0 aromatic carbocycles. The zero-order chi connectivity index (χ0) is 22.4. The molecule has 2 aromatic heterocycles. The molecule has 2 aromatic rings. The van der Waals surface area contributed by atoms with Gasteiger partial charge in [0.15, 0.2) is 23.1 Å². The van der Waals surface area contributed by atoms with E-state index in [0.29, 0.717) is 36.8 Å². The number of rotatable bonds is 5. The van der Waals surface area contributed by atoms with E-state index in [9.17, 15) is 9.18 Å². The van der Waals surface area contributed by atoms with Gasteiger partial charge in [0.05, 0.1) is 30.6 Å². The third kappa shape index (κ3) is 3.71. The fourth-order valence-electron chi connectivity index (χ4n) is 4.12. The average Bonchev–Trinajstić information content (AvgIpc) is 3.25. The van der Waals surface area contributed by atoms with Gasteiger partial charge in [0.1, 0.15) is 0 Å². The summed E-state index contributed by atoms with van der Waals surface area (Å²) >= 11 is 0. The Kier molecular flexibility index (Phi) is 5.32. The van der Waals surface area contributed by atoms with Crippen molar-refractivity contribution in [1.82, 2.24) is 30.0 Å². The number of amides is 1. The molecule has 2 aliphatic heterocycles. The van der Waals surface area contributed by atoms with E-state index in [4.69, 9.17) is 4.74 Å². The van der Waals surface area contributed by atoms with Crippen molar-refractivity contribution in [2.75, 3.05) is 32.1 Å². The number of likely N-dealkylation sites (tertiary alicyclic amines) is 1. The number of aromatic nitrogens is 4. The lowest BCUT2D eigenvalue weighted by atomic mass is 9.90. The van der Waals surface area contributed by atoms with Crippen LogP contribution in [-0.2, 0) is 16.9 Å². The summed E-state index contributed by atoms with van der Waals surface area (Å²) < 4.78 is 35.0. The Balaban J connectivity index is 1.59. The molecule has 0 unspecified atom stereocenters. The van der Waals surface area contributed by atoms with Gasteiger partial charge in [0.2, 0.25) is 0 Å². The topological polar surface area (TPSA) is 99.3 Å². The minimum Gasteiger partial charge on any atom is -0.464 e. The molecule has 4 rings (SSSR count). The van der Waals surface area contributed by atoms with Crippen LogP contribution in [0.15, 0.2) is 6.20 Å². The van der Waals surface area contributed by atoms with Crippen LogP contribution in [0.3, 0.4) is 0 Å². The Morgan fingerprint density at radius 2 is 2.03 bits per heavy atom. The van der Waals surface area contributed by atoms with Gasteiger partial charge in [0.25, 0.3) is 5.91 Å². The third-order valence-electron chi connectivity index (χ3n) is 6.11. The normalized spacial score (nSPS) is 19.9. The van der Waals surface area contributed by atoms with Crippen LogP contribution >= 0.6 is 0 Å². The number of alkyl halides is 1. The number of piperidine rings is 1. The molecule has 1 fully saturated rings. The molecule has 31 heavy (non-hydrogen) atoms. The van der Waals surface area contributed by atoms with Gasteiger partial charge >= 0.3 is 6.01 Å². The Morgan fingerprint density at radius 3 is 2.71 bits per heavy atom. The minimum absolute atomic E-state index is 0.0392. The van der Waals surface area contributed by atoms with Crippen LogP contribution < -0.4 is 10.1 Å². The molecule has 2 N–H and O–H groups in total. The second kappa shape index (κ2) is 7.70. The number of hydrogen-bond donors (Lipinski definition) is 2. The van der Waals surface area contributed by atoms with Crippen molar-refractivity contribution in [1.29, 1.82) is 0 Å². The Bertz CT molecular complexity index is 986. The molecule has 0 atom stereocenters. The van der Waals surface area contributed by atoms with Crippen LogP contribution in [0.5, 0.6) is 6.01 Å². The highest BCUT2D eigenvalue weighted by Crippen LogP contribution is 2.44. The predicted molar refractivity (Wildman–Crippen MR) is 109 cm³/mol. The summed E-state index contributed by atoms with van der Waals surface area (Å²) in [6.07, 6.45) is 1.34. The van der Waals surface area contributed by atoms with E-state index >= 15 is 4.39 Å². The fourth-order valence-corrected chi connectivity index (χ4v) is 4.12. The molecule has 0 spiro atoms. The average molecular weight is 435 g/mol. The molecule has 9 nitrogen and oxygen atoms in total. The largest absolute Gasteiger partial charge is 0.464 e. The number of nitrogens with one attached hydrogen (secondary N) is 2. The van der Waals surface area contributed by atoms with Crippen molar-refractivity contribution in [2.45, 2.75) is 51.4 Å². The van der Waals surface area contributed by atoms with Gasteiger partial charge in [-0.05, 0) is 27.8 Å². The van der Waals surface area contributed by atoms with Gasteiger partial charge in [-0.15, -0.1) is 0 Å². The fraction of sp³-hybridized carbons (Fsp3) is 0.600. The van der Waals surface area contributed by atoms with Gasteiger partial charge in [-0.2, -0.15) is 10.1 Å². The molecule has 11 heteroatoms. The van der Waals surface area contributed by atoms with E-state index < -0.39 is 22.9 Å². The SMILES string of the molecule is CCOc1ncc(F)c(Nc2n[nH]c3c2CN(C(=O)C2(F)CCN(C)CC2)C3(C)C)n1. The van der Waals surface area contributed by atoms with Crippen LogP contribution in [0.4, 0.5) is 20.4 Å². The van der Waals surface area contributed by atoms with E-state index in [2.05, 4.69) is 25.5 Å². The van der Waals surface area contributed by atoms with Crippen molar-refractivity contribution in [3.05, 3.63) is 23.3 Å². The number of aromatic amines is 1. The summed E-state index contributed by atoms with van der Waals surface area (Å²) in [5, 5.41) is 10.0. The second-order valence-corrected chi connectivity index (χ2v) is 8.55. The van der Waals surface area contributed by atoms with Gasteiger partial charge in [-0.3, -0.25) is 9.89 Å². The highest BCUT2D eigenvalue weighted by molar-refractivity contribution is 5.87. The minimum atomic E-state index is -1.89. The van der Waals surface area contributed by atoms with Crippen molar-refractivity contribution < 1.29 is 18.3 Å². The van der Waals surface area contributed by atoms with Crippen molar-refractivity contribution >= 4 is 17.5 Å². The lowest BCUT2D eigenvalue weighted by molar-refractivity contribution is -0.153. The smallest absolute Gasteiger partial charge is 0.318 e. The molecular formula is C20H27F2N7O2. The number of nitrogens with zero attached hydrogens (tertiary/aromatic N) is 5. The summed E-state index contributed by atoms with van der Waals surface area (Å²) in [4.78, 5) is 24.6. The Hall–Kier alpha value is -2.82. The molecule has 2 aliphatic rings. The highest BCUT2D eigenvalue weighted by Gasteiger charge is 2.51. The van der Waals surface area contributed by atoms with Crippen LogP contribution in [-0.4, -0.2) is 68.3 Å². The maximum absolute atomic E-state index is 15.5. The van der Waals surface area contributed by atoms with E-state index in [1.807, 2.05) is 25.8 Å². The number of anilines is 2. The number of carbonyl (C=O) groups is 1. The first kappa shape index (κ1) is 21.4. The number of hydrogen-bond acceptors (Lipinski definition) is 7. The van der Waals surface area contributed by atoms with Crippen molar-refractivity contribution in [3.63, 3.8) is 0 Å². The first-order valence-corrected chi connectivity index (χ1v) is 10.4. The Morgan fingerprint density at radius 1 is 1.32 bits per heavy atom. The molecule has 0 saturated carbocycles. The summed E-state index contributed by atoms with van der Waals surface area (Å²) in [5.41, 5.74) is -1.33. The van der Waals surface area contributed by atoms with E-state index in [0.717, 1.165) is 6.20 Å². The number of fused-ring (bicyclic) bond motifs is 1. The molecule has 0 bridgehead atoms. The molecule has 0 aliphatic carbocycles. The van der Waals surface area contributed by atoms with Gasteiger partial charge in [0, 0.05) is 31.5 Å². The number of halogens is 2. The molecular weight excluding hydrogens is 408 g/mol. The van der Waals surface area contributed by atoms with E-state index in [1.54, 1.807) is 6.92 Å². The summed E-state index contributed by atoms with van der Waals surface area (Å²) in [5.74, 6) is -0.949. The van der Waals surface area contributed by atoms with E-state index in [-0.39, 0.29) is 31.2 Å². The lowest BCUT2D eigenvalue weighted by Gasteiger charge is -2.40. The van der Waals surface area contributed by atoms with Gasteiger partial charge in [-0.1, -0.05) is 0 Å². The van der Waals surface area contributed by atoms with Crippen molar-refractivity contribution in [3.8, 4) is 6.01 Å². The highest BCUT2D eigenvalue weighted by atomic mass is 19.1. The first-order chi connectivity index (χ1) is 14.7. The number of carbonyl (C=O) groups excluding carboxylic acids is 1. The quantitative estimate of drug-likeness (QED) is 0.744. The number of ether oxygens (including phenoxy) is 1. The van der Waals surface area contributed by atoms with Crippen LogP contribution in [0.2, 0.25) is 0 Å². The summed E-state index contributed by atoms with van der Waals surface area (Å²) in [6.45, 7) is 7.03. The lowest BCUT2D eigenvalue weighted by Crippen LogP contribution is -2.54. The zero-order valence-electron chi connectivity index (χ0n) is 18.1. The van der Waals surface area contributed by atoms with E-state index in [1.165, 1.54) is 4.90 Å². The first-order valence-electron chi connectivity index (χ1n) is 10.4. The second-order valence-electron chi connectivity index (χ2n) is 8.55. The standard InChI is InChI=1S/C20H27F2N7O2/c1-5-31-18-23-10-13(21)16(25-18)24-15-12-11-29(19(2,3)14(12)26-27-15)17(30)20(22)6-8-28(4)9-7-20/h10H,5-9,11H2,1-4H3,(H2,23,24,25,26,27). The maximum atomic E-state index is 15.5.